The molecular formula is C47H47N3O6-2. The molecule has 1 aliphatic heterocycles. The average Bonchev–Trinajstić information content (AvgIpc) is 3.81. The number of H-pyrrole nitrogens is 1. The first-order valence-electron chi connectivity index (χ1n) is 19.6. The first-order chi connectivity index (χ1) is 27.3. The second-order valence-corrected chi connectivity index (χ2v) is 15.4. The molecule has 4 atom stereocenters. The predicted molar refractivity (Wildman–Crippen MR) is 216 cm³/mol. The number of phenols is 2. The molecule has 0 fully saturated rings. The average molecular weight is 750 g/mol. The van der Waals surface area contributed by atoms with Crippen LogP contribution in [0.4, 0.5) is 5.82 Å². The van der Waals surface area contributed by atoms with Crippen molar-refractivity contribution in [3.05, 3.63) is 146 Å². The number of aromatic nitrogens is 2. The first-order valence-corrected chi connectivity index (χ1v) is 19.6. The monoisotopic (exact) mass is 749 g/mol. The number of allylic oxidation sites excluding steroid dienone is 1. The quantitative estimate of drug-likeness (QED) is 0.133. The van der Waals surface area contributed by atoms with E-state index in [1.807, 2.05) is 60.8 Å². The number of ether oxygens (including phenoxy) is 1. The fourth-order valence-electron chi connectivity index (χ4n) is 9.04. The summed E-state index contributed by atoms with van der Waals surface area (Å²) in [5.74, 6) is -0.932. The van der Waals surface area contributed by atoms with Crippen LogP contribution >= 0.6 is 0 Å². The van der Waals surface area contributed by atoms with Crippen molar-refractivity contribution in [1.82, 2.24) is 9.97 Å². The molecule has 0 spiro atoms. The lowest BCUT2D eigenvalue weighted by Gasteiger charge is -2.38. The number of aliphatic hydroxyl groups excluding tert-OH is 1. The van der Waals surface area contributed by atoms with Gasteiger partial charge in [-0.15, -0.1) is 5.69 Å². The zero-order chi connectivity index (χ0) is 38.8. The number of fused-ring (bicyclic) bond motifs is 8. The Hall–Kier alpha value is -5.80. The van der Waals surface area contributed by atoms with Crippen LogP contribution in [-0.4, -0.2) is 52.1 Å². The van der Waals surface area contributed by atoms with Crippen LogP contribution in [0.25, 0.3) is 17.5 Å². The molecule has 3 aliphatic rings. The van der Waals surface area contributed by atoms with E-state index in [-0.39, 0.29) is 60.9 Å². The van der Waals surface area contributed by atoms with Crippen molar-refractivity contribution < 1.29 is 29.6 Å². The van der Waals surface area contributed by atoms with Crippen molar-refractivity contribution in [1.29, 1.82) is 0 Å². The van der Waals surface area contributed by atoms with Gasteiger partial charge in [0.2, 0.25) is 0 Å². The number of hydrogen-bond acceptors (Lipinski definition) is 6. The van der Waals surface area contributed by atoms with Gasteiger partial charge in [-0.25, -0.2) is 0 Å². The summed E-state index contributed by atoms with van der Waals surface area (Å²) < 4.78 is 5.56. The zero-order valence-electron chi connectivity index (χ0n) is 31.6. The van der Waals surface area contributed by atoms with Gasteiger partial charge in [0.1, 0.15) is 11.5 Å². The standard InChI is InChI=1S/C47H47N3O6/c1-56-43-25-31-10-13-42(53)38(16-19-51)46(55)44-35(27-50-47-33(14-17-49-47)21-29-4-2-5-30(20-29)22-34(23-31)45(43)54)26-40-37(15-18-48-40)39(44)24-28-8-11-32-6-3-7-41(52)36(32)12-9-28/h2-7,9,12,14-15,17-18,20,23,25-26,28,38-39,44,49,51-52,54H,8,10-11,13,16,19,21-22,24,27H2,1H3/q-2/t28-,38-,39-,44+/m0/s1. The molecule has 0 unspecified atom stereocenters. The molecule has 56 heavy (non-hydrogen) atoms. The van der Waals surface area contributed by atoms with Crippen molar-refractivity contribution in [2.45, 2.75) is 57.3 Å². The minimum atomic E-state index is -1.02. The van der Waals surface area contributed by atoms with Crippen LogP contribution in [0, 0.1) is 17.8 Å². The highest BCUT2D eigenvalue weighted by Crippen LogP contribution is 2.46. The Morgan fingerprint density at radius 1 is 0.893 bits per heavy atom. The van der Waals surface area contributed by atoms with Gasteiger partial charge in [0.25, 0.3) is 0 Å². The first kappa shape index (κ1) is 37.1. The zero-order valence-corrected chi connectivity index (χ0v) is 31.6. The largest absolute Gasteiger partial charge is 0.664 e. The molecule has 288 valence electrons. The number of aromatic hydroxyl groups is 2. The number of ketones is 2. The number of phenolic OH excluding ortho intramolecular Hbond substituents is 2. The van der Waals surface area contributed by atoms with Crippen LogP contribution in [0.1, 0.15) is 81.8 Å². The predicted octanol–water partition coefficient (Wildman–Crippen LogP) is 8.12. The summed E-state index contributed by atoms with van der Waals surface area (Å²) in [7, 11) is 1.51. The van der Waals surface area contributed by atoms with Gasteiger partial charge in [-0.2, -0.15) is 6.20 Å². The molecule has 9 nitrogen and oxygen atoms in total. The number of nitrogens with zero attached hydrogens (tertiary/aromatic N) is 2. The van der Waals surface area contributed by atoms with Gasteiger partial charge in [0.05, 0.1) is 13.0 Å². The van der Waals surface area contributed by atoms with E-state index in [4.69, 9.17) is 15.0 Å². The molecule has 8 rings (SSSR count). The number of methoxy groups -OCH3 is 1. The van der Waals surface area contributed by atoms with E-state index in [9.17, 15) is 20.1 Å². The normalized spacial score (nSPS) is 21.1. The maximum atomic E-state index is 15.2. The Morgan fingerprint density at radius 2 is 1.71 bits per heavy atom. The van der Waals surface area contributed by atoms with E-state index in [0.717, 1.165) is 68.9 Å². The summed E-state index contributed by atoms with van der Waals surface area (Å²) in [6.07, 6.45) is 13.6. The second kappa shape index (κ2) is 16.1. The molecule has 3 heterocycles. The molecular weight excluding hydrogens is 703 g/mol. The molecule has 2 aliphatic carbocycles. The third-order valence-electron chi connectivity index (χ3n) is 11.9. The van der Waals surface area contributed by atoms with Gasteiger partial charge in [-0.05, 0) is 96.9 Å². The van der Waals surface area contributed by atoms with Gasteiger partial charge in [-0.3, -0.25) is 9.59 Å². The number of aryl methyl sites for hydroxylation is 2. The molecule has 4 N–H and O–H groups in total. The summed E-state index contributed by atoms with van der Waals surface area (Å²) in [6.45, 7) is -0.0712. The second-order valence-electron chi connectivity index (χ2n) is 15.4. The lowest BCUT2D eigenvalue weighted by atomic mass is 9.67. The number of carbonyl (C=O) groups is 2. The lowest BCUT2D eigenvalue weighted by Crippen LogP contribution is -2.37. The molecule has 0 saturated carbocycles. The van der Waals surface area contributed by atoms with E-state index >= 15 is 4.79 Å². The number of aliphatic hydroxyl groups is 1. The Kier molecular flexibility index (Phi) is 10.7. The highest BCUT2D eigenvalue weighted by Gasteiger charge is 2.41. The Balaban J connectivity index is 1.19. The number of aromatic amines is 1. The van der Waals surface area contributed by atoms with Gasteiger partial charge < -0.3 is 35.3 Å². The highest BCUT2D eigenvalue weighted by atomic mass is 16.5. The van der Waals surface area contributed by atoms with Crippen LogP contribution in [0.5, 0.6) is 17.2 Å². The fourth-order valence-corrected chi connectivity index (χ4v) is 9.04. The lowest BCUT2D eigenvalue weighted by molar-refractivity contribution is -0.135. The Labute approximate surface area is 327 Å². The molecule has 9 heteroatoms. The van der Waals surface area contributed by atoms with Crippen LogP contribution in [0.3, 0.4) is 0 Å². The van der Waals surface area contributed by atoms with E-state index in [1.165, 1.54) is 7.11 Å². The minimum absolute atomic E-state index is 0.0237. The number of carbonyl (C=O) groups excluding carboxylic acids is 2. The summed E-state index contributed by atoms with van der Waals surface area (Å²) >= 11 is 0. The van der Waals surface area contributed by atoms with Crippen molar-refractivity contribution in [2.24, 2.45) is 17.8 Å². The maximum Gasteiger partial charge on any atom is 0.161 e. The number of rotatable bonds is 5. The summed E-state index contributed by atoms with van der Waals surface area (Å²) in [5.41, 5.74) is 9.14. The van der Waals surface area contributed by atoms with Gasteiger partial charge in [-0.1, -0.05) is 96.0 Å². The molecule has 2 aromatic heterocycles. The Morgan fingerprint density at radius 3 is 2.54 bits per heavy atom. The van der Waals surface area contributed by atoms with Crippen LogP contribution in [0.15, 0.2) is 90.8 Å². The van der Waals surface area contributed by atoms with E-state index in [1.54, 1.807) is 18.3 Å². The van der Waals surface area contributed by atoms with E-state index in [2.05, 4.69) is 23.2 Å². The summed E-state index contributed by atoms with van der Waals surface area (Å²) in [6, 6.07) is 21.6. The van der Waals surface area contributed by atoms with Crippen molar-refractivity contribution in [3.63, 3.8) is 0 Å². The summed E-state index contributed by atoms with van der Waals surface area (Å²) in [5, 5.41) is 37.1. The topological polar surface area (TPSA) is 148 Å². The van der Waals surface area contributed by atoms with Crippen LogP contribution in [-0.2, 0) is 35.3 Å². The molecule has 0 radical (unpaired) electrons. The summed E-state index contributed by atoms with van der Waals surface area (Å²) in [4.78, 5) is 37.5. The minimum Gasteiger partial charge on any atom is -0.664 e. The smallest absolute Gasteiger partial charge is 0.161 e. The number of hydrogen-bond donors (Lipinski definition) is 4. The third kappa shape index (κ3) is 7.56. The fraction of sp³-hybridized carbons (Fsp3) is 0.319. The Bertz CT molecular complexity index is 2310. The number of nitrogens with one attached hydrogen (secondary N) is 1. The molecule has 5 aromatic rings. The molecule has 3 aromatic carbocycles. The van der Waals surface area contributed by atoms with E-state index < -0.39 is 11.8 Å². The molecule has 0 amide bonds. The van der Waals surface area contributed by atoms with Crippen molar-refractivity contribution in [3.8, 4) is 17.2 Å². The van der Waals surface area contributed by atoms with Crippen molar-refractivity contribution in [2.75, 3.05) is 20.3 Å². The van der Waals surface area contributed by atoms with Gasteiger partial charge in [0, 0.05) is 36.5 Å². The molecule has 0 saturated heterocycles. The number of Topliss-reactive ketones (excluding diaryl/α,β-unsaturated/α-hetero) is 2. The van der Waals surface area contributed by atoms with E-state index in [0.29, 0.717) is 37.0 Å². The van der Waals surface area contributed by atoms with Gasteiger partial charge in [0.15, 0.2) is 17.3 Å². The SMILES string of the molecule is COc1cc2cc(c1O)Cc1cccc(c1)Cc1cc[nH]c1[N-]CC1=Cc3[n-]ccc3[C@H](C[C@@H]3C=Cc4c(O)cccc4CC3)[C@@H]1C(=O)[C@@H](CCO)C(=O)CC2. The maximum absolute atomic E-state index is 15.2. The van der Waals surface area contributed by atoms with Crippen LogP contribution in [0.2, 0.25) is 0 Å². The highest BCUT2D eigenvalue weighted by molar-refractivity contribution is 6.05. The van der Waals surface area contributed by atoms with Crippen LogP contribution < -0.4 is 9.72 Å². The van der Waals surface area contributed by atoms with Crippen molar-refractivity contribution >= 4 is 29.5 Å². The molecule has 4 bridgehead atoms. The van der Waals surface area contributed by atoms with Gasteiger partial charge >= 0.3 is 0 Å². The number of benzene rings is 3. The third-order valence-corrected chi connectivity index (χ3v) is 11.9.